The van der Waals surface area contributed by atoms with E-state index < -0.39 is 6.03 Å². The van der Waals surface area contributed by atoms with Gasteiger partial charge in [-0.2, -0.15) is 5.10 Å². The molecule has 1 aromatic heterocycles. The maximum Gasteiger partial charge on any atom is 0.316 e. The number of hydrogen-bond donors (Lipinski definition) is 3. The first-order valence-electron chi connectivity index (χ1n) is 6.54. The monoisotopic (exact) mass is 273 g/mol. The fraction of sp³-hybridized carbons (Fsp3) is 0.286. The van der Waals surface area contributed by atoms with E-state index in [0.29, 0.717) is 5.69 Å². The summed E-state index contributed by atoms with van der Waals surface area (Å²) in [6, 6.07) is 6.99. The number of urea groups is 1. The summed E-state index contributed by atoms with van der Waals surface area (Å²) < 4.78 is 1.90. The van der Waals surface area contributed by atoms with Gasteiger partial charge < -0.3 is 16.4 Å². The minimum absolute atomic E-state index is 0.158. The molecule has 6 nitrogen and oxygen atoms in total. The first-order valence-corrected chi connectivity index (χ1v) is 6.54. The highest BCUT2D eigenvalue weighted by Crippen LogP contribution is 2.20. The Hall–Kier alpha value is -2.50. The molecule has 0 radical (unpaired) electrons. The number of carbonyl (C=O) groups is 1. The van der Waals surface area contributed by atoms with Gasteiger partial charge in [0, 0.05) is 29.7 Å². The molecule has 0 fully saturated rings. The van der Waals surface area contributed by atoms with Gasteiger partial charge in [-0.3, -0.25) is 4.68 Å². The largest absolute Gasteiger partial charge is 0.378 e. The third kappa shape index (κ3) is 3.50. The van der Waals surface area contributed by atoms with Crippen LogP contribution in [0.3, 0.4) is 0 Å². The van der Waals surface area contributed by atoms with Crippen LogP contribution in [-0.2, 0) is 6.54 Å². The number of amides is 2. The predicted molar refractivity (Wildman–Crippen MR) is 79.6 cm³/mol. The van der Waals surface area contributed by atoms with Crippen LogP contribution in [0.15, 0.2) is 36.7 Å². The van der Waals surface area contributed by atoms with E-state index in [9.17, 15) is 4.79 Å². The van der Waals surface area contributed by atoms with E-state index in [-0.39, 0.29) is 6.04 Å². The highest BCUT2D eigenvalue weighted by Gasteiger charge is 2.07. The van der Waals surface area contributed by atoms with Crippen molar-refractivity contribution in [2.45, 2.75) is 26.4 Å². The molecule has 2 rings (SSSR count). The third-order valence-electron chi connectivity index (χ3n) is 3.01. The highest BCUT2D eigenvalue weighted by molar-refractivity contribution is 5.87. The van der Waals surface area contributed by atoms with Gasteiger partial charge >= 0.3 is 6.03 Å². The molecule has 1 atom stereocenters. The molecule has 1 heterocycles. The molecule has 106 valence electrons. The van der Waals surface area contributed by atoms with Crippen LogP contribution in [0.5, 0.6) is 0 Å². The van der Waals surface area contributed by atoms with Crippen LogP contribution in [-0.4, -0.2) is 15.8 Å². The van der Waals surface area contributed by atoms with E-state index in [1.807, 2.05) is 29.2 Å². The van der Waals surface area contributed by atoms with E-state index >= 15 is 0 Å². The topological polar surface area (TPSA) is 85.0 Å². The Bertz CT molecular complexity index is 576. The Balaban J connectivity index is 2.00. The molecule has 20 heavy (non-hydrogen) atoms. The number of aromatic nitrogens is 2. The van der Waals surface area contributed by atoms with Gasteiger partial charge in [-0.1, -0.05) is 0 Å². The molecule has 0 aliphatic carbocycles. The van der Waals surface area contributed by atoms with Crippen molar-refractivity contribution in [2.75, 3.05) is 10.6 Å². The zero-order chi connectivity index (χ0) is 14.5. The van der Waals surface area contributed by atoms with Crippen LogP contribution in [0.4, 0.5) is 16.2 Å². The van der Waals surface area contributed by atoms with Crippen molar-refractivity contribution in [3.8, 4) is 0 Å². The number of primary amides is 1. The molecular weight excluding hydrogens is 254 g/mol. The number of aryl methyl sites for hydroxylation is 1. The van der Waals surface area contributed by atoms with E-state index in [1.165, 1.54) is 0 Å². The van der Waals surface area contributed by atoms with Crippen molar-refractivity contribution in [1.29, 1.82) is 0 Å². The summed E-state index contributed by atoms with van der Waals surface area (Å²) in [7, 11) is 0. The molecule has 4 N–H and O–H groups in total. The summed E-state index contributed by atoms with van der Waals surface area (Å²) in [5.41, 5.74) is 7.84. The van der Waals surface area contributed by atoms with E-state index in [1.54, 1.807) is 12.1 Å². The lowest BCUT2D eigenvalue weighted by atomic mass is 10.2. The lowest BCUT2D eigenvalue weighted by Crippen LogP contribution is -2.19. The number of nitrogens with two attached hydrogens (primary N) is 1. The van der Waals surface area contributed by atoms with Gasteiger partial charge in [-0.25, -0.2) is 4.79 Å². The maximum atomic E-state index is 10.7. The van der Waals surface area contributed by atoms with E-state index in [0.717, 1.165) is 17.8 Å². The Morgan fingerprint density at radius 3 is 2.55 bits per heavy atom. The molecule has 1 unspecified atom stereocenters. The fourth-order valence-corrected chi connectivity index (χ4v) is 1.90. The number of nitrogens with one attached hydrogen (secondary N) is 2. The summed E-state index contributed by atoms with van der Waals surface area (Å²) in [6.07, 6.45) is 3.89. The van der Waals surface area contributed by atoms with E-state index in [2.05, 4.69) is 29.6 Å². The molecule has 2 amide bonds. The van der Waals surface area contributed by atoms with Crippen LogP contribution in [0.2, 0.25) is 0 Å². The quantitative estimate of drug-likeness (QED) is 0.782. The fourth-order valence-electron chi connectivity index (χ4n) is 1.90. The normalized spacial score (nSPS) is 11.9. The van der Waals surface area contributed by atoms with Crippen molar-refractivity contribution in [2.24, 2.45) is 5.73 Å². The Labute approximate surface area is 118 Å². The second-order valence-corrected chi connectivity index (χ2v) is 4.56. The molecular formula is C14H19N5O. The van der Waals surface area contributed by atoms with Crippen LogP contribution in [0.25, 0.3) is 0 Å². The molecule has 0 saturated carbocycles. The standard InChI is InChI=1S/C14H19N5O/c1-3-19-9-11(8-16-19)10(2)17-12-4-6-13(7-5-12)18-14(15)20/h4-10,17H,3H2,1-2H3,(H3,15,18,20). The first-order chi connectivity index (χ1) is 9.58. The summed E-state index contributed by atoms with van der Waals surface area (Å²) >= 11 is 0. The van der Waals surface area contributed by atoms with Crippen molar-refractivity contribution in [1.82, 2.24) is 9.78 Å². The van der Waals surface area contributed by atoms with Crippen LogP contribution in [0, 0.1) is 0 Å². The SMILES string of the molecule is CCn1cc(C(C)Nc2ccc(NC(N)=O)cc2)cn1. The van der Waals surface area contributed by atoms with Gasteiger partial charge in [0.25, 0.3) is 0 Å². The van der Waals surface area contributed by atoms with E-state index in [4.69, 9.17) is 5.73 Å². The summed E-state index contributed by atoms with van der Waals surface area (Å²) in [6.45, 7) is 4.99. The predicted octanol–water partition coefficient (Wildman–Crippen LogP) is 2.57. The van der Waals surface area contributed by atoms with Crippen molar-refractivity contribution in [3.63, 3.8) is 0 Å². The van der Waals surface area contributed by atoms with Crippen LogP contribution >= 0.6 is 0 Å². The van der Waals surface area contributed by atoms with Gasteiger partial charge in [-0.15, -0.1) is 0 Å². The van der Waals surface area contributed by atoms with Crippen molar-refractivity contribution >= 4 is 17.4 Å². The molecule has 6 heteroatoms. The average Bonchev–Trinajstić information content (AvgIpc) is 2.89. The summed E-state index contributed by atoms with van der Waals surface area (Å²) in [5, 5.41) is 10.2. The lowest BCUT2D eigenvalue weighted by Gasteiger charge is -2.14. The molecule has 0 aliphatic rings. The van der Waals surface area contributed by atoms with Crippen LogP contribution < -0.4 is 16.4 Å². The lowest BCUT2D eigenvalue weighted by molar-refractivity contribution is 0.259. The summed E-state index contributed by atoms with van der Waals surface area (Å²) in [4.78, 5) is 10.7. The zero-order valence-corrected chi connectivity index (χ0v) is 11.6. The number of nitrogens with zero attached hydrogens (tertiary/aromatic N) is 2. The van der Waals surface area contributed by atoms with Gasteiger partial charge in [0.2, 0.25) is 0 Å². The molecule has 0 bridgehead atoms. The number of rotatable bonds is 5. The van der Waals surface area contributed by atoms with Gasteiger partial charge in [0.1, 0.15) is 0 Å². The highest BCUT2D eigenvalue weighted by atomic mass is 16.2. The Kier molecular flexibility index (Phi) is 4.24. The minimum Gasteiger partial charge on any atom is -0.378 e. The van der Waals surface area contributed by atoms with Crippen LogP contribution in [0.1, 0.15) is 25.5 Å². The molecule has 0 saturated heterocycles. The number of anilines is 2. The van der Waals surface area contributed by atoms with Gasteiger partial charge in [0.15, 0.2) is 0 Å². The molecule has 0 aliphatic heterocycles. The second kappa shape index (κ2) is 6.10. The Morgan fingerprint density at radius 2 is 2.00 bits per heavy atom. The van der Waals surface area contributed by atoms with Gasteiger partial charge in [-0.05, 0) is 38.1 Å². The van der Waals surface area contributed by atoms with Crippen molar-refractivity contribution in [3.05, 3.63) is 42.2 Å². The van der Waals surface area contributed by atoms with Gasteiger partial charge in [0.05, 0.1) is 12.2 Å². The molecule has 1 aromatic carbocycles. The zero-order valence-electron chi connectivity index (χ0n) is 11.6. The first kappa shape index (κ1) is 13.9. The molecule has 0 spiro atoms. The summed E-state index contributed by atoms with van der Waals surface area (Å²) in [5.74, 6) is 0. The number of benzene rings is 1. The second-order valence-electron chi connectivity index (χ2n) is 4.56. The average molecular weight is 273 g/mol. The minimum atomic E-state index is -0.564. The third-order valence-corrected chi connectivity index (χ3v) is 3.01. The smallest absolute Gasteiger partial charge is 0.316 e. The maximum absolute atomic E-state index is 10.7. The number of carbonyl (C=O) groups excluding carboxylic acids is 1. The molecule has 2 aromatic rings. The Morgan fingerprint density at radius 1 is 1.35 bits per heavy atom. The number of hydrogen-bond acceptors (Lipinski definition) is 3. The van der Waals surface area contributed by atoms with Crippen molar-refractivity contribution < 1.29 is 4.79 Å².